The van der Waals surface area contributed by atoms with Gasteiger partial charge in [-0.05, 0) is 32.9 Å². The largest absolute Gasteiger partial charge is 0.388 e. The van der Waals surface area contributed by atoms with Gasteiger partial charge in [-0.1, -0.05) is 11.8 Å². The minimum Gasteiger partial charge on any atom is -0.388 e. The number of aliphatic hydroxyl groups excluding tert-OH is 3. The number of ether oxygens (including phenoxy) is 1. The number of rotatable bonds is 4. The quantitative estimate of drug-likeness (QED) is 0.406. The van der Waals surface area contributed by atoms with E-state index < -0.39 is 46.1 Å². The predicted molar refractivity (Wildman–Crippen MR) is 95.0 cm³/mol. The molecule has 1 aliphatic heterocycles. The molecule has 2 rings (SSSR count). The van der Waals surface area contributed by atoms with E-state index in [0.29, 0.717) is 4.88 Å². The Balaban J connectivity index is 2.05. The fourth-order valence-electron chi connectivity index (χ4n) is 2.31. The van der Waals surface area contributed by atoms with E-state index in [1.165, 1.54) is 32.9 Å². The number of sulfonamides is 1. The Morgan fingerprint density at radius 3 is 2.50 bits per heavy atom. The minimum absolute atomic E-state index is 0.0245. The Kier molecular flexibility index (Phi) is 6.48. The highest BCUT2D eigenvalue weighted by molar-refractivity contribution is 7.91. The van der Waals surface area contributed by atoms with Crippen molar-refractivity contribution in [2.75, 3.05) is 6.54 Å². The van der Waals surface area contributed by atoms with Gasteiger partial charge in [0.05, 0.1) is 11.0 Å². The van der Waals surface area contributed by atoms with Crippen LogP contribution in [-0.2, 0) is 14.8 Å². The van der Waals surface area contributed by atoms with Gasteiger partial charge in [0.2, 0.25) is 10.0 Å². The van der Waals surface area contributed by atoms with E-state index in [2.05, 4.69) is 16.6 Å². The lowest BCUT2D eigenvalue weighted by atomic mass is 9.96. The lowest BCUT2D eigenvalue weighted by molar-refractivity contribution is -0.214. The molecule has 2 heterocycles. The third kappa shape index (κ3) is 5.25. The number of aliphatic hydroxyl groups is 4. The molecule has 1 aromatic rings. The molecule has 1 aromatic heterocycles. The van der Waals surface area contributed by atoms with Crippen molar-refractivity contribution < 1.29 is 33.6 Å². The summed E-state index contributed by atoms with van der Waals surface area (Å²) >= 11 is 0.942. The van der Waals surface area contributed by atoms with Gasteiger partial charge in [-0.15, -0.1) is 11.3 Å². The van der Waals surface area contributed by atoms with E-state index in [1.54, 1.807) is 0 Å². The van der Waals surface area contributed by atoms with Crippen molar-refractivity contribution in [3.05, 3.63) is 17.0 Å². The summed E-state index contributed by atoms with van der Waals surface area (Å²) < 4.78 is 32.5. The van der Waals surface area contributed by atoms with Crippen LogP contribution in [0.3, 0.4) is 0 Å². The van der Waals surface area contributed by atoms with Crippen LogP contribution in [0, 0.1) is 11.8 Å². The van der Waals surface area contributed by atoms with Crippen LogP contribution >= 0.6 is 11.3 Å². The molecule has 0 aliphatic carbocycles. The molecule has 10 heteroatoms. The van der Waals surface area contributed by atoms with E-state index in [0.717, 1.165) is 11.3 Å². The van der Waals surface area contributed by atoms with E-state index in [4.69, 9.17) is 4.74 Å². The first-order valence-electron chi connectivity index (χ1n) is 7.95. The second kappa shape index (κ2) is 7.92. The van der Waals surface area contributed by atoms with Crippen LogP contribution in [0.1, 0.15) is 25.6 Å². The molecule has 1 saturated heterocycles. The maximum Gasteiger partial charge on any atom is 0.250 e. The van der Waals surface area contributed by atoms with Gasteiger partial charge in [0.1, 0.15) is 34.2 Å². The summed E-state index contributed by atoms with van der Waals surface area (Å²) in [5, 5.41) is 38.9. The fourth-order valence-corrected chi connectivity index (χ4v) is 4.56. The van der Waals surface area contributed by atoms with E-state index in [1.807, 2.05) is 0 Å². The molecule has 5 N–H and O–H groups in total. The van der Waals surface area contributed by atoms with Crippen LogP contribution in [0.15, 0.2) is 16.3 Å². The lowest BCUT2D eigenvalue weighted by Gasteiger charge is -2.39. The van der Waals surface area contributed by atoms with Gasteiger partial charge in [0.25, 0.3) is 0 Å². The summed E-state index contributed by atoms with van der Waals surface area (Å²) in [7, 11) is -3.86. The number of nitrogens with one attached hydrogen (secondary N) is 1. The van der Waals surface area contributed by atoms with Gasteiger partial charge in [-0.2, -0.15) is 0 Å². The molecule has 0 unspecified atom stereocenters. The van der Waals surface area contributed by atoms with Crippen molar-refractivity contribution >= 4 is 21.4 Å². The van der Waals surface area contributed by atoms with E-state index in [-0.39, 0.29) is 10.8 Å². The molecule has 8 nitrogen and oxygen atoms in total. The van der Waals surface area contributed by atoms with Crippen molar-refractivity contribution in [2.24, 2.45) is 0 Å². The maximum absolute atomic E-state index is 12.4. The minimum atomic E-state index is -3.86. The summed E-state index contributed by atoms with van der Waals surface area (Å²) in [6.07, 6.45) is -5.81. The lowest BCUT2D eigenvalue weighted by Crippen LogP contribution is -2.59. The van der Waals surface area contributed by atoms with Crippen molar-refractivity contribution in [3.63, 3.8) is 0 Å². The summed E-state index contributed by atoms with van der Waals surface area (Å²) in [5.74, 6) is 5.31. The first-order valence-corrected chi connectivity index (χ1v) is 10.3. The van der Waals surface area contributed by atoms with E-state index >= 15 is 0 Å². The summed E-state index contributed by atoms with van der Waals surface area (Å²) in [6.45, 7) is 4.30. The van der Waals surface area contributed by atoms with Crippen LogP contribution < -0.4 is 4.72 Å². The second-order valence-corrected chi connectivity index (χ2v) is 9.71. The van der Waals surface area contributed by atoms with Crippen LogP contribution in [-0.4, -0.2) is 71.5 Å². The van der Waals surface area contributed by atoms with Crippen LogP contribution in [0.4, 0.5) is 0 Å². The second-order valence-electron chi connectivity index (χ2n) is 6.63. The van der Waals surface area contributed by atoms with Gasteiger partial charge in [0, 0.05) is 6.54 Å². The molecule has 0 spiro atoms. The molecule has 146 valence electrons. The highest BCUT2D eigenvalue weighted by Gasteiger charge is 2.41. The monoisotopic (exact) mass is 405 g/mol. The topological polar surface area (TPSA) is 136 Å². The molecule has 0 aromatic carbocycles. The van der Waals surface area contributed by atoms with E-state index in [9.17, 15) is 28.8 Å². The Morgan fingerprint density at radius 2 is 1.88 bits per heavy atom. The van der Waals surface area contributed by atoms with Crippen molar-refractivity contribution in [2.45, 2.75) is 61.1 Å². The maximum atomic E-state index is 12.4. The number of hydrogen-bond donors (Lipinski definition) is 5. The van der Waals surface area contributed by atoms with Crippen molar-refractivity contribution in [1.82, 2.24) is 4.72 Å². The fraction of sp³-hybridized carbons (Fsp3) is 0.625. The first kappa shape index (κ1) is 21.3. The van der Waals surface area contributed by atoms with Crippen LogP contribution in [0.2, 0.25) is 0 Å². The molecular formula is C16H23NO7S2. The highest BCUT2D eigenvalue weighted by atomic mass is 32.2. The molecule has 1 aliphatic rings. The molecule has 5 atom stereocenters. The molecule has 0 saturated carbocycles. The molecular weight excluding hydrogens is 382 g/mol. The standard InChI is InChI=1S/C16H23NO7S2/c1-9-13(18)15(20)14(19)11(24-9)8-17-26(22,23)12-5-4-10(25-12)6-7-16(2,3)21/h4-5,9,11,13-15,17-21H,8H2,1-3H3/t9-,11+,13+,14+,15+/m0/s1. The van der Waals surface area contributed by atoms with Crippen molar-refractivity contribution in [3.8, 4) is 11.8 Å². The Hall–Kier alpha value is -1.03. The van der Waals surface area contributed by atoms with Crippen LogP contribution in [0.25, 0.3) is 0 Å². The zero-order valence-electron chi connectivity index (χ0n) is 14.6. The third-order valence-corrected chi connectivity index (χ3v) is 6.68. The Morgan fingerprint density at radius 1 is 1.23 bits per heavy atom. The molecule has 1 fully saturated rings. The first-order chi connectivity index (χ1) is 11.9. The van der Waals surface area contributed by atoms with Gasteiger partial charge < -0.3 is 25.2 Å². The summed E-state index contributed by atoms with van der Waals surface area (Å²) in [4.78, 5) is 0.480. The van der Waals surface area contributed by atoms with Crippen molar-refractivity contribution in [1.29, 1.82) is 0 Å². The highest BCUT2D eigenvalue weighted by Crippen LogP contribution is 2.23. The predicted octanol–water partition coefficient (Wildman–Crippen LogP) is -0.981. The Bertz CT molecular complexity index is 788. The molecule has 0 bridgehead atoms. The number of thiophene rings is 1. The third-order valence-electron chi connectivity index (χ3n) is 3.76. The van der Waals surface area contributed by atoms with Gasteiger partial charge in [-0.3, -0.25) is 0 Å². The normalized spacial score (nSPS) is 29.9. The SMILES string of the molecule is C[C@@H]1O[C@H](CNS(=O)(=O)c2ccc(C#CC(C)(C)O)s2)[C@@H](O)[C@H](O)[C@@H]1O. The van der Waals surface area contributed by atoms with Gasteiger partial charge >= 0.3 is 0 Å². The smallest absolute Gasteiger partial charge is 0.250 e. The zero-order chi connectivity index (χ0) is 19.7. The zero-order valence-corrected chi connectivity index (χ0v) is 16.2. The van der Waals surface area contributed by atoms with Crippen LogP contribution in [0.5, 0.6) is 0 Å². The molecule has 26 heavy (non-hydrogen) atoms. The average Bonchev–Trinajstić information content (AvgIpc) is 3.02. The van der Waals surface area contributed by atoms with Gasteiger partial charge in [-0.25, -0.2) is 13.1 Å². The summed E-state index contributed by atoms with van der Waals surface area (Å²) in [5.41, 5.74) is -1.18. The molecule has 0 amide bonds. The summed E-state index contributed by atoms with van der Waals surface area (Å²) in [6, 6.07) is 2.92. The van der Waals surface area contributed by atoms with Gasteiger partial charge in [0.15, 0.2) is 0 Å². The molecule has 0 radical (unpaired) electrons. The Labute approximate surface area is 156 Å². The average molecular weight is 405 g/mol. The number of hydrogen-bond acceptors (Lipinski definition) is 8.